The number of carbonyl (C=O) groups excluding carboxylic acids is 2. The van der Waals surface area contributed by atoms with Crippen molar-refractivity contribution in [1.82, 2.24) is 10.6 Å². The molecule has 4 nitrogen and oxygen atoms in total. The molecule has 0 spiro atoms. The molecule has 1 fully saturated rings. The highest BCUT2D eigenvalue weighted by molar-refractivity contribution is 6.01. The van der Waals surface area contributed by atoms with Gasteiger partial charge in [-0.2, -0.15) is 26.3 Å². The molecule has 2 aliphatic carbocycles. The summed E-state index contributed by atoms with van der Waals surface area (Å²) in [4.78, 5) is 27.0. The topological polar surface area (TPSA) is 58.2 Å². The van der Waals surface area contributed by atoms with E-state index in [1.807, 2.05) is 48.5 Å². The second kappa shape index (κ2) is 14.9. The van der Waals surface area contributed by atoms with Crippen LogP contribution in [0.4, 0.5) is 26.3 Å². The Morgan fingerprint density at radius 3 is 1.90 bits per heavy atom. The van der Waals surface area contributed by atoms with E-state index in [0.29, 0.717) is 35.4 Å². The van der Waals surface area contributed by atoms with Gasteiger partial charge in [0.2, 0.25) is 5.91 Å². The first kappa shape index (κ1) is 36.2. The highest BCUT2D eigenvalue weighted by Gasteiger charge is 2.49. The first-order chi connectivity index (χ1) is 24.4. The van der Waals surface area contributed by atoms with Crippen LogP contribution >= 0.6 is 0 Å². The number of fused-ring (bicyclic) bond motifs is 3. The summed E-state index contributed by atoms with van der Waals surface area (Å²) in [6, 6.07) is 26.7. The van der Waals surface area contributed by atoms with Crippen molar-refractivity contribution in [2.24, 2.45) is 5.92 Å². The molecule has 2 amide bonds. The standard InChI is InChI=1S/C41H40F6N2O2/c42-40(43,44)26-48-38(51)39(35-16-8-6-13-32(35)33-14-7-9-17-36(33)39)24-10-2-1-3-11-27-18-23-30(25-27)49-37(50)34-15-5-4-12-31(34)28-19-21-29(22-20-28)41(45,46)47/h4-9,12-17,19-22,27,30H,1-3,10-11,18,23-26H2,(H,48,51)(H,49,50). The Bertz CT molecular complexity index is 1800. The lowest BCUT2D eigenvalue weighted by atomic mass is 9.73. The molecule has 0 radical (unpaired) electrons. The Balaban J connectivity index is 1.01. The second-order valence-electron chi connectivity index (χ2n) is 13.7. The third-order valence-electron chi connectivity index (χ3n) is 10.4. The number of carbonyl (C=O) groups is 2. The molecular formula is C41H40F6N2O2. The molecule has 0 aromatic heterocycles. The Morgan fingerprint density at radius 2 is 1.27 bits per heavy atom. The molecule has 0 heterocycles. The molecule has 10 heteroatoms. The van der Waals surface area contributed by atoms with E-state index in [2.05, 4.69) is 10.6 Å². The first-order valence-electron chi connectivity index (χ1n) is 17.5. The van der Waals surface area contributed by atoms with Crippen molar-refractivity contribution in [3.63, 3.8) is 0 Å². The lowest BCUT2D eigenvalue weighted by molar-refractivity contribution is -0.141. The third kappa shape index (κ3) is 8.00. The quantitative estimate of drug-likeness (QED) is 0.114. The summed E-state index contributed by atoms with van der Waals surface area (Å²) in [7, 11) is 0. The van der Waals surface area contributed by atoms with Crippen molar-refractivity contribution >= 4 is 11.8 Å². The number of rotatable bonds is 12. The van der Waals surface area contributed by atoms with Crippen molar-refractivity contribution in [2.45, 2.75) is 81.6 Å². The minimum absolute atomic E-state index is 0.000679. The van der Waals surface area contributed by atoms with Crippen LogP contribution in [0.1, 0.15) is 84.8 Å². The van der Waals surface area contributed by atoms with Gasteiger partial charge in [-0.1, -0.05) is 111 Å². The molecule has 6 rings (SSSR count). The van der Waals surface area contributed by atoms with Crippen LogP contribution in [-0.4, -0.2) is 30.6 Å². The summed E-state index contributed by atoms with van der Waals surface area (Å²) in [6.07, 6.45) is -1.55. The van der Waals surface area contributed by atoms with E-state index >= 15 is 0 Å². The van der Waals surface area contributed by atoms with Gasteiger partial charge in [-0.05, 0) is 83.2 Å². The number of amides is 2. The largest absolute Gasteiger partial charge is 0.416 e. The Labute approximate surface area is 293 Å². The normalized spacial score (nSPS) is 17.8. The van der Waals surface area contributed by atoms with E-state index < -0.39 is 35.8 Å². The average molecular weight is 707 g/mol. The number of nitrogens with one attached hydrogen (secondary N) is 2. The highest BCUT2D eigenvalue weighted by Crippen LogP contribution is 2.51. The second-order valence-corrected chi connectivity index (χ2v) is 13.7. The van der Waals surface area contributed by atoms with Crippen molar-refractivity contribution < 1.29 is 35.9 Å². The number of hydrogen-bond donors (Lipinski definition) is 2. The lowest BCUT2D eigenvalue weighted by Crippen LogP contribution is -2.47. The van der Waals surface area contributed by atoms with Crippen LogP contribution in [0.3, 0.4) is 0 Å². The summed E-state index contributed by atoms with van der Waals surface area (Å²) in [5.74, 6) is -0.439. The van der Waals surface area contributed by atoms with Gasteiger partial charge in [0.05, 0.1) is 5.56 Å². The van der Waals surface area contributed by atoms with E-state index in [-0.39, 0.29) is 11.9 Å². The number of hydrogen-bond acceptors (Lipinski definition) is 2. The average Bonchev–Trinajstić information content (AvgIpc) is 3.68. The van der Waals surface area contributed by atoms with Crippen LogP contribution in [0.25, 0.3) is 22.3 Å². The first-order valence-corrected chi connectivity index (χ1v) is 17.5. The summed E-state index contributed by atoms with van der Waals surface area (Å²) in [5, 5.41) is 5.33. The maximum absolute atomic E-state index is 13.7. The zero-order valence-corrected chi connectivity index (χ0v) is 28.0. The van der Waals surface area contributed by atoms with Crippen molar-refractivity contribution in [3.8, 4) is 22.3 Å². The van der Waals surface area contributed by atoms with E-state index in [0.717, 1.165) is 79.3 Å². The number of unbranched alkanes of at least 4 members (excludes halogenated alkanes) is 3. The van der Waals surface area contributed by atoms with E-state index in [1.165, 1.54) is 12.1 Å². The molecule has 268 valence electrons. The van der Waals surface area contributed by atoms with Crippen LogP contribution in [0.2, 0.25) is 0 Å². The maximum atomic E-state index is 13.7. The number of benzene rings is 4. The highest BCUT2D eigenvalue weighted by atomic mass is 19.4. The van der Waals surface area contributed by atoms with Gasteiger partial charge in [0.1, 0.15) is 12.0 Å². The third-order valence-corrected chi connectivity index (χ3v) is 10.4. The fraction of sp³-hybridized carbons (Fsp3) is 0.366. The van der Waals surface area contributed by atoms with E-state index in [4.69, 9.17) is 0 Å². The predicted molar refractivity (Wildman–Crippen MR) is 185 cm³/mol. The predicted octanol–water partition coefficient (Wildman–Crippen LogP) is 10.3. The van der Waals surface area contributed by atoms with Gasteiger partial charge in [-0.3, -0.25) is 9.59 Å². The fourth-order valence-corrected chi connectivity index (χ4v) is 7.96. The van der Waals surface area contributed by atoms with E-state index in [1.54, 1.807) is 24.3 Å². The molecule has 51 heavy (non-hydrogen) atoms. The lowest BCUT2D eigenvalue weighted by Gasteiger charge is -2.31. The maximum Gasteiger partial charge on any atom is 0.416 e. The Kier molecular flexibility index (Phi) is 10.6. The van der Waals surface area contributed by atoms with Gasteiger partial charge in [0.15, 0.2) is 0 Å². The van der Waals surface area contributed by atoms with Crippen LogP contribution in [0.15, 0.2) is 97.1 Å². The van der Waals surface area contributed by atoms with Crippen LogP contribution in [0.5, 0.6) is 0 Å². The van der Waals surface area contributed by atoms with Crippen LogP contribution in [-0.2, 0) is 16.4 Å². The SMILES string of the molecule is O=C(NC1CCC(CCCCCCC2(C(=O)NCC(F)(F)F)c3ccccc3-c3ccccc32)C1)c1ccccc1-c1ccc(C(F)(F)F)cc1. The van der Waals surface area contributed by atoms with E-state index in [9.17, 15) is 35.9 Å². The number of halogens is 6. The van der Waals surface area contributed by atoms with Gasteiger partial charge in [-0.25, -0.2) is 0 Å². The smallest absolute Gasteiger partial charge is 0.349 e. The molecule has 2 N–H and O–H groups in total. The van der Waals surface area contributed by atoms with Gasteiger partial charge in [0.25, 0.3) is 5.91 Å². The summed E-state index contributed by atoms with van der Waals surface area (Å²) in [6.45, 7) is -1.38. The molecular weight excluding hydrogens is 666 g/mol. The molecule has 0 saturated heterocycles. The minimum Gasteiger partial charge on any atom is -0.349 e. The molecule has 1 saturated carbocycles. The monoisotopic (exact) mass is 706 g/mol. The number of alkyl halides is 6. The van der Waals surface area contributed by atoms with Gasteiger partial charge >= 0.3 is 12.4 Å². The van der Waals surface area contributed by atoms with Gasteiger partial charge < -0.3 is 10.6 Å². The van der Waals surface area contributed by atoms with Gasteiger partial charge in [0, 0.05) is 11.6 Å². The van der Waals surface area contributed by atoms with Gasteiger partial charge in [-0.15, -0.1) is 0 Å². The molecule has 0 bridgehead atoms. The summed E-state index contributed by atoms with van der Waals surface area (Å²) in [5.41, 5.74) is 2.82. The molecule has 4 aromatic carbocycles. The van der Waals surface area contributed by atoms with Crippen LogP contribution < -0.4 is 10.6 Å². The molecule has 2 unspecified atom stereocenters. The molecule has 2 aliphatic rings. The summed E-state index contributed by atoms with van der Waals surface area (Å²) < 4.78 is 78.6. The summed E-state index contributed by atoms with van der Waals surface area (Å²) >= 11 is 0. The zero-order valence-electron chi connectivity index (χ0n) is 28.0. The fourth-order valence-electron chi connectivity index (χ4n) is 7.96. The zero-order chi connectivity index (χ0) is 36.2. The minimum atomic E-state index is -4.52. The Hall–Kier alpha value is -4.60. The van der Waals surface area contributed by atoms with Crippen molar-refractivity contribution in [2.75, 3.05) is 6.54 Å². The van der Waals surface area contributed by atoms with Crippen molar-refractivity contribution in [1.29, 1.82) is 0 Å². The Morgan fingerprint density at radius 1 is 0.686 bits per heavy atom. The molecule has 2 atom stereocenters. The molecule has 4 aromatic rings. The van der Waals surface area contributed by atoms with Crippen LogP contribution in [0, 0.1) is 5.92 Å². The van der Waals surface area contributed by atoms with Crippen molar-refractivity contribution in [3.05, 3.63) is 119 Å². The molecule has 0 aliphatic heterocycles.